The predicted octanol–water partition coefficient (Wildman–Crippen LogP) is 3.75. The van der Waals surface area contributed by atoms with Crippen molar-refractivity contribution in [3.05, 3.63) is 35.9 Å². The average molecular weight is 710 g/mol. The molecule has 13 heteroatoms. The van der Waals surface area contributed by atoms with Gasteiger partial charge in [0, 0.05) is 38.4 Å². The Hall–Kier alpha value is -3.87. The molecule has 0 spiro atoms. The zero-order valence-electron chi connectivity index (χ0n) is 32.0. The van der Waals surface area contributed by atoms with Crippen LogP contribution in [0.15, 0.2) is 30.3 Å². The van der Waals surface area contributed by atoms with E-state index in [4.69, 9.17) is 0 Å². The second-order valence-electron chi connectivity index (χ2n) is 18.0. The number of fused-ring (bicyclic) bond motifs is 2. The number of urea groups is 2. The Labute approximate surface area is 302 Å². The van der Waals surface area contributed by atoms with Crippen LogP contribution in [-0.2, 0) is 14.4 Å². The van der Waals surface area contributed by atoms with Gasteiger partial charge in [0.2, 0.25) is 11.8 Å². The average Bonchev–Trinajstić information content (AvgIpc) is 3.31. The second kappa shape index (κ2) is 13.6. The number of amides is 7. The summed E-state index contributed by atoms with van der Waals surface area (Å²) in [7, 11) is 0. The van der Waals surface area contributed by atoms with Crippen LogP contribution in [0.25, 0.3) is 0 Å². The molecule has 3 aliphatic heterocycles. The Morgan fingerprint density at radius 3 is 2.14 bits per heavy atom. The number of carbonyl (C=O) groups is 5. The number of piperidine rings is 1. The fourth-order valence-electron chi connectivity index (χ4n) is 8.21. The van der Waals surface area contributed by atoms with Crippen LogP contribution >= 0.6 is 0 Å². The van der Waals surface area contributed by atoms with E-state index in [1.54, 1.807) is 4.90 Å². The first-order chi connectivity index (χ1) is 23.6. The zero-order chi connectivity index (χ0) is 37.8. The first-order valence-electron chi connectivity index (χ1n) is 18.4. The maximum absolute atomic E-state index is 14.5. The number of hydrazine groups is 1. The number of benzene rings is 1. The molecule has 1 aromatic rings. The van der Waals surface area contributed by atoms with Crippen molar-refractivity contribution in [3.63, 3.8) is 0 Å². The van der Waals surface area contributed by atoms with Crippen molar-refractivity contribution < 1.29 is 29.1 Å². The molecule has 7 amide bonds. The van der Waals surface area contributed by atoms with Crippen LogP contribution in [0.4, 0.5) is 9.59 Å². The monoisotopic (exact) mass is 709 g/mol. The number of nitrogens with zero attached hydrogens (tertiary/aromatic N) is 3. The highest BCUT2D eigenvalue weighted by molar-refractivity contribution is 5.94. The van der Waals surface area contributed by atoms with E-state index in [0.29, 0.717) is 25.8 Å². The van der Waals surface area contributed by atoms with Gasteiger partial charge in [-0.3, -0.25) is 19.8 Å². The van der Waals surface area contributed by atoms with Gasteiger partial charge in [0.1, 0.15) is 17.8 Å². The summed E-state index contributed by atoms with van der Waals surface area (Å²) in [6, 6.07) is 5.93. The number of carbonyl (C=O) groups excluding carboxylic acids is 5. The minimum Gasteiger partial charge on any atom is -0.371 e. The van der Waals surface area contributed by atoms with Gasteiger partial charge >= 0.3 is 12.1 Å². The zero-order valence-corrected chi connectivity index (χ0v) is 32.0. The molecule has 13 nitrogen and oxygen atoms in total. The SMILES string of the molecule is CCCN(NC(=O)[C@@H]1[C@@H]2[C@H](CN1C(=O)[C@@H](NC(=O)N[C@H](CN1C(=O)C3CC1(O)C3)C(C)(C)C)C(C)(C)C)C2(C)C)C(=O)N[C@@H](C)c1ccccc1. The maximum Gasteiger partial charge on any atom is 0.336 e. The standard InChI is InChI=1S/C38H59N7O6/c1-11-17-45(34(50)39-22(2)23-15-13-12-14-16-23)42-30(46)28-27-25(37(27,9)10)20-43(28)32(48)29(36(6,7)8)41-33(49)40-26(35(3,4)5)21-44-31(47)24-18-38(44,51)19-24/h12-16,22,24-29,51H,11,17-21H2,1-10H3,(H,39,50)(H,42,46)(H2,40,41,49)/t22-,24?,25-,26+,27-,28-,29+,38?/m0/s1. The fourth-order valence-corrected chi connectivity index (χ4v) is 8.21. The van der Waals surface area contributed by atoms with E-state index in [9.17, 15) is 29.1 Å². The van der Waals surface area contributed by atoms with Gasteiger partial charge in [0.05, 0.1) is 12.1 Å². The maximum atomic E-state index is 14.5. The van der Waals surface area contributed by atoms with E-state index in [2.05, 4.69) is 35.2 Å². The lowest BCUT2D eigenvalue weighted by molar-refractivity contribution is -0.145. The van der Waals surface area contributed by atoms with Crippen LogP contribution in [-0.4, -0.2) is 93.2 Å². The highest BCUT2D eigenvalue weighted by Gasteiger charge is 2.70. The summed E-state index contributed by atoms with van der Waals surface area (Å²) in [5, 5.41) is 21.1. The number of hydrogen-bond acceptors (Lipinski definition) is 6. The van der Waals surface area contributed by atoms with E-state index >= 15 is 0 Å². The highest BCUT2D eigenvalue weighted by atomic mass is 16.3. The first kappa shape index (κ1) is 38.4. The first-order valence-corrected chi connectivity index (χ1v) is 18.4. The van der Waals surface area contributed by atoms with Crippen molar-refractivity contribution >= 4 is 29.8 Å². The number of nitrogens with one attached hydrogen (secondary N) is 4. The van der Waals surface area contributed by atoms with Gasteiger partial charge < -0.3 is 30.9 Å². The van der Waals surface area contributed by atoms with Crippen LogP contribution in [0.2, 0.25) is 0 Å². The van der Waals surface area contributed by atoms with Crippen LogP contribution in [0, 0.1) is 34.0 Å². The molecule has 5 N–H and O–H groups in total. The lowest BCUT2D eigenvalue weighted by Gasteiger charge is -2.41. The van der Waals surface area contributed by atoms with Crippen molar-refractivity contribution in [2.24, 2.45) is 34.0 Å². The molecule has 5 aliphatic rings. The highest BCUT2D eigenvalue weighted by Crippen LogP contribution is 2.65. The fraction of sp³-hybridized carbons (Fsp3) is 0.711. The van der Waals surface area contributed by atoms with E-state index < -0.39 is 52.6 Å². The second-order valence-corrected chi connectivity index (χ2v) is 18.0. The number of likely N-dealkylation sites (tertiary alicyclic amines) is 1. The number of aliphatic hydroxyl groups is 1. The Kier molecular flexibility index (Phi) is 10.2. The van der Waals surface area contributed by atoms with Crippen molar-refractivity contribution in [1.29, 1.82) is 0 Å². The van der Waals surface area contributed by atoms with Gasteiger partial charge in [-0.1, -0.05) is 92.6 Å². The third-order valence-electron chi connectivity index (χ3n) is 11.7. The summed E-state index contributed by atoms with van der Waals surface area (Å²) < 4.78 is 0. The summed E-state index contributed by atoms with van der Waals surface area (Å²) in [6.45, 7) is 20.2. The van der Waals surface area contributed by atoms with E-state index in [1.807, 2.05) is 85.7 Å². The Morgan fingerprint density at radius 2 is 1.61 bits per heavy atom. The quantitative estimate of drug-likeness (QED) is 0.233. The Balaban J connectivity index is 1.30. The molecule has 282 valence electrons. The molecule has 2 bridgehead atoms. The van der Waals surface area contributed by atoms with Crippen molar-refractivity contribution in [2.75, 3.05) is 19.6 Å². The summed E-state index contributed by atoms with van der Waals surface area (Å²) in [4.78, 5) is 71.6. The molecule has 0 radical (unpaired) electrons. The van der Waals surface area contributed by atoms with Gasteiger partial charge in [-0.05, 0) is 47.0 Å². The van der Waals surface area contributed by atoms with Crippen LogP contribution < -0.4 is 21.4 Å². The number of rotatable bonds is 10. The molecular weight excluding hydrogens is 650 g/mol. The Bertz CT molecular complexity index is 1510. The molecule has 0 unspecified atom stereocenters. The van der Waals surface area contributed by atoms with Crippen molar-refractivity contribution in [3.8, 4) is 0 Å². The summed E-state index contributed by atoms with van der Waals surface area (Å²) in [6.07, 6.45) is 1.42. The molecule has 2 saturated carbocycles. The summed E-state index contributed by atoms with van der Waals surface area (Å²) >= 11 is 0. The van der Waals surface area contributed by atoms with E-state index in [-0.39, 0.29) is 54.1 Å². The molecule has 3 saturated heterocycles. The van der Waals surface area contributed by atoms with Gasteiger partial charge in [-0.25, -0.2) is 14.6 Å². The predicted molar refractivity (Wildman–Crippen MR) is 192 cm³/mol. The smallest absolute Gasteiger partial charge is 0.336 e. The minimum absolute atomic E-state index is 0.0959. The van der Waals surface area contributed by atoms with E-state index in [0.717, 1.165) is 5.56 Å². The van der Waals surface area contributed by atoms with Crippen molar-refractivity contribution in [2.45, 2.75) is 118 Å². The van der Waals surface area contributed by atoms with Crippen LogP contribution in [0.1, 0.15) is 100 Å². The minimum atomic E-state index is -1.17. The third kappa shape index (κ3) is 7.54. The molecule has 5 fully saturated rings. The van der Waals surface area contributed by atoms with E-state index in [1.165, 1.54) is 9.91 Å². The third-order valence-corrected chi connectivity index (χ3v) is 11.7. The lowest BCUT2D eigenvalue weighted by Crippen LogP contribution is -2.63. The Morgan fingerprint density at radius 1 is 0.980 bits per heavy atom. The number of hydrogen-bond donors (Lipinski definition) is 5. The normalized spacial score (nSPS) is 27.8. The van der Waals surface area contributed by atoms with Gasteiger partial charge in [-0.15, -0.1) is 0 Å². The van der Waals surface area contributed by atoms with Gasteiger partial charge in [0.15, 0.2) is 0 Å². The molecule has 1 aromatic carbocycles. The molecule has 6 atom stereocenters. The van der Waals surface area contributed by atoms with Crippen molar-refractivity contribution in [1.82, 2.24) is 36.2 Å². The molecule has 6 rings (SSSR count). The topological polar surface area (TPSA) is 163 Å². The van der Waals surface area contributed by atoms with Gasteiger partial charge in [-0.2, -0.15) is 0 Å². The van der Waals surface area contributed by atoms with Crippen LogP contribution in [0.5, 0.6) is 0 Å². The molecule has 0 aromatic heterocycles. The lowest BCUT2D eigenvalue weighted by atomic mass is 9.82. The largest absolute Gasteiger partial charge is 0.371 e. The van der Waals surface area contributed by atoms with Crippen LogP contribution in [0.3, 0.4) is 0 Å². The molecular formula is C38H59N7O6. The summed E-state index contributed by atoms with van der Waals surface area (Å²) in [5.74, 6) is -1.09. The molecule has 2 aliphatic carbocycles. The molecule has 3 heterocycles. The molecule has 51 heavy (non-hydrogen) atoms. The van der Waals surface area contributed by atoms with Gasteiger partial charge in [0.25, 0.3) is 5.91 Å². The summed E-state index contributed by atoms with van der Waals surface area (Å²) in [5.41, 5.74) is 1.24.